The van der Waals surface area contributed by atoms with Crippen molar-refractivity contribution in [3.8, 4) is 0 Å². The Morgan fingerprint density at radius 2 is 1.90 bits per heavy atom. The van der Waals surface area contributed by atoms with Gasteiger partial charge in [0.25, 0.3) is 5.91 Å². The van der Waals surface area contributed by atoms with E-state index >= 15 is 0 Å². The molecule has 4 nitrogen and oxygen atoms in total. The lowest BCUT2D eigenvalue weighted by atomic mass is 9.82. The van der Waals surface area contributed by atoms with E-state index in [1.165, 1.54) is 0 Å². The molecule has 1 atom stereocenters. The maximum atomic E-state index is 12.8. The van der Waals surface area contributed by atoms with E-state index in [1.807, 2.05) is 63.2 Å². The van der Waals surface area contributed by atoms with Crippen molar-refractivity contribution < 1.29 is 4.79 Å². The topological polar surface area (TPSA) is 44.7 Å². The van der Waals surface area contributed by atoms with Crippen LogP contribution in [-0.4, -0.2) is 36.3 Å². The summed E-state index contributed by atoms with van der Waals surface area (Å²) >= 11 is 0. The van der Waals surface area contributed by atoms with Crippen LogP contribution in [0.15, 0.2) is 48.0 Å². The standard InChI is InChI=1S/C17H23N3O/c1-6-12-17(13-10-8-7-9-11-13)15(21)19-16(2,3)14(18-17)20(4)5/h6-11H,1,12H2,2-5H3,(H,19,21). The maximum Gasteiger partial charge on any atom is 0.253 e. The first-order valence-corrected chi connectivity index (χ1v) is 7.10. The number of amidine groups is 1. The Bertz CT molecular complexity index is 575. The predicted molar refractivity (Wildman–Crippen MR) is 86.3 cm³/mol. The van der Waals surface area contributed by atoms with Crippen molar-refractivity contribution in [1.82, 2.24) is 10.2 Å². The summed E-state index contributed by atoms with van der Waals surface area (Å²) in [6.45, 7) is 7.73. The van der Waals surface area contributed by atoms with E-state index in [1.54, 1.807) is 6.08 Å². The lowest BCUT2D eigenvalue weighted by Gasteiger charge is -2.43. The average molecular weight is 285 g/mol. The number of likely N-dealkylation sites (N-methyl/N-ethyl adjacent to an activating group) is 1. The molecule has 0 aliphatic carbocycles. The van der Waals surface area contributed by atoms with Crippen LogP contribution in [0, 0.1) is 0 Å². The van der Waals surface area contributed by atoms with Crippen LogP contribution in [0.3, 0.4) is 0 Å². The zero-order chi connectivity index (χ0) is 15.7. The van der Waals surface area contributed by atoms with Crippen molar-refractivity contribution in [3.05, 3.63) is 48.6 Å². The highest BCUT2D eigenvalue weighted by Gasteiger charge is 2.47. The van der Waals surface area contributed by atoms with Crippen LogP contribution in [0.2, 0.25) is 0 Å². The molecule has 0 fully saturated rings. The summed E-state index contributed by atoms with van der Waals surface area (Å²) in [4.78, 5) is 19.6. The third-order valence-corrected chi connectivity index (χ3v) is 3.77. The second kappa shape index (κ2) is 5.35. The monoisotopic (exact) mass is 285 g/mol. The normalized spacial score (nSPS) is 24.0. The highest BCUT2D eigenvalue weighted by atomic mass is 16.2. The Kier molecular flexibility index (Phi) is 3.90. The smallest absolute Gasteiger partial charge is 0.253 e. The molecular weight excluding hydrogens is 262 g/mol. The van der Waals surface area contributed by atoms with Crippen molar-refractivity contribution >= 4 is 11.7 Å². The Labute approximate surface area is 126 Å². The number of rotatable bonds is 3. The molecule has 0 radical (unpaired) electrons. The second-order valence-electron chi connectivity index (χ2n) is 6.13. The van der Waals surface area contributed by atoms with E-state index in [9.17, 15) is 4.79 Å². The predicted octanol–water partition coefficient (Wildman–Crippen LogP) is 2.33. The number of nitrogens with zero attached hydrogens (tertiary/aromatic N) is 2. The lowest BCUT2D eigenvalue weighted by molar-refractivity contribution is -0.128. The molecule has 0 saturated carbocycles. The van der Waals surface area contributed by atoms with Gasteiger partial charge < -0.3 is 10.2 Å². The molecule has 0 bridgehead atoms. The fourth-order valence-corrected chi connectivity index (χ4v) is 2.85. The number of nitrogens with one attached hydrogen (secondary N) is 1. The Hall–Kier alpha value is -2.10. The number of benzene rings is 1. The molecule has 1 N–H and O–H groups in total. The van der Waals surface area contributed by atoms with Crippen molar-refractivity contribution in [2.45, 2.75) is 31.3 Å². The molecule has 1 heterocycles. The van der Waals surface area contributed by atoms with Crippen molar-refractivity contribution in [3.63, 3.8) is 0 Å². The Morgan fingerprint density at radius 1 is 1.29 bits per heavy atom. The first-order valence-electron chi connectivity index (χ1n) is 7.10. The van der Waals surface area contributed by atoms with Gasteiger partial charge in [-0.25, -0.2) is 4.99 Å². The van der Waals surface area contributed by atoms with Crippen LogP contribution < -0.4 is 5.32 Å². The van der Waals surface area contributed by atoms with Crippen LogP contribution in [0.25, 0.3) is 0 Å². The largest absolute Gasteiger partial charge is 0.364 e. The molecule has 1 aliphatic heterocycles. The molecule has 1 aromatic rings. The van der Waals surface area contributed by atoms with Gasteiger partial charge in [0.15, 0.2) is 5.54 Å². The van der Waals surface area contributed by atoms with Crippen molar-refractivity contribution in [2.75, 3.05) is 14.1 Å². The quantitative estimate of drug-likeness (QED) is 0.866. The van der Waals surface area contributed by atoms with Crippen LogP contribution in [-0.2, 0) is 10.3 Å². The van der Waals surface area contributed by atoms with Crippen molar-refractivity contribution in [2.24, 2.45) is 4.99 Å². The van der Waals surface area contributed by atoms with E-state index in [0.29, 0.717) is 6.42 Å². The minimum Gasteiger partial charge on any atom is -0.364 e. The first-order chi connectivity index (χ1) is 9.83. The minimum atomic E-state index is -0.932. The fourth-order valence-electron chi connectivity index (χ4n) is 2.85. The van der Waals surface area contributed by atoms with Gasteiger partial charge in [0.1, 0.15) is 5.84 Å². The molecule has 4 heteroatoms. The molecule has 1 aliphatic rings. The number of aliphatic imine (C=N–C) groups is 1. The molecular formula is C17H23N3O. The Morgan fingerprint density at radius 3 is 2.43 bits per heavy atom. The molecule has 0 spiro atoms. The molecule has 2 rings (SSSR count). The zero-order valence-corrected chi connectivity index (χ0v) is 13.2. The van der Waals surface area contributed by atoms with E-state index in [-0.39, 0.29) is 5.91 Å². The number of hydrogen-bond donors (Lipinski definition) is 1. The number of carbonyl (C=O) groups is 1. The van der Waals surface area contributed by atoms with Gasteiger partial charge in [-0.3, -0.25) is 4.79 Å². The maximum absolute atomic E-state index is 12.8. The summed E-state index contributed by atoms with van der Waals surface area (Å²) in [7, 11) is 3.89. The summed E-state index contributed by atoms with van der Waals surface area (Å²) in [6.07, 6.45) is 2.22. The van der Waals surface area contributed by atoms with Crippen LogP contribution in [0.4, 0.5) is 0 Å². The lowest BCUT2D eigenvalue weighted by Crippen LogP contribution is -2.63. The molecule has 0 saturated heterocycles. The van der Waals surface area contributed by atoms with Gasteiger partial charge in [-0.05, 0) is 19.4 Å². The van der Waals surface area contributed by atoms with E-state index < -0.39 is 11.1 Å². The fraction of sp³-hybridized carbons (Fsp3) is 0.412. The van der Waals surface area contributed by atoms with E-state index in [4.69, 9.17) is 4.99 Å². The summed E-state index contributed by atoms with van der Waals surface area (Å²) in [5, 5.41) is 3.10. The summed E-state index contributed by atoms with van der Waals surface area (Å²) < 4.78 is 0. The van der Waals surface area contributed by atoms with Crippen molar-refractivity contribution in [1.29, 1.82) is 0 Å². The van der Waals surface area contributed by atoms with E-state index in [0.717, 1.165) is 11.4 Å². The summed E-state index contributed by atoms with van der Waals surface area (Å²) in [5.74, 6) is 0.775. The molecule has 21 heavy (non-hydrogen) atoms. The van der Waals surface area contributed by atoms with Gasteiger partial charge in [-0.1, -0.05) is 36.4 Å². The molecule has 1 amide bonds. The van der Waals surface area contributed by atoms with Crippen LogP contribution in [0.1, 0.15) is 25.8 Å². The first kappa shape index (κ1) is 15.3. The Balaban J connectivity index is 2.67. The SMILES string of the molecule is C=CCC1(c2ccccc2)N=C(N(C)C)C(C)(C)NC1=O. The summed E-state index contributed by atoms with van der Waals surface area (Å²) in [6, 6.07) is 9.68. The third-order valence-electron chi connectivity index (χ3n) is 3.77. The van der Waals surface area contributed by atoms with Gasteiger partial charge in [-0.15, -0.1) is 6.58 Å². The van der Waals surface area contributed by atoms with Gasteiger partial charge in [-0.2, -0.15) is 0 Å². The minimum absolute atomic E-state index is 0.0794. The number of hydrogen-bond acceptors (Lipinski definition) is 3. The summed E-state index contributed by atoms with van der Waals surface area (Å²) in [5.41, 5.74) is -0.532. The van der Waals surface area contributed by atoms with E-state index in [2.05, 4.69) is 11.9 Å². The van der Waals surface area contributed by atoms with Crippen LogP contribution in [0.5, 0.6) is 0 Å². The third kappa shape index (κ3) is 2.58. The molecule has 112 valence electrons. The number of amides is 1. The van der Waals surface area contributed by atoms with Gasteiger partial charge >= 0.3 is 0 Å². The molecule has 1 aromatic carbocycles. The highest BCUT2D eigenvalue weighted by Crippen LogP contribution is 2.35. The molecule has 0 aromatic heterocycles. The average Bonchev–Trinajstić information content (AvgIpc) is 2.42. The number of carbonyl (C=O) groups excluding carboxylic acids is 1. The zero-order valence-electron chi connectivity index (χ0n) is 13.2. The molecule has 1 unspecified atom stereocenters. The van der Waals surface area contributed by atoms with Gasteiger partial charge in [0.2, 0.25) is 0 Å². The van der Waals surface area contributed by atoms with Gasteiger partial charge in [0, 0.05) is 20.5 Å². The highest BCUT2D eigenvalue weighted by molar-refractivity contribution is 6.03. The van der Waals surface area contributed by atoms with Gasteiger partial charge in [0.05, 0.1) is 5.54 Å². The second-order valence-corrected chi connectivity index (χ2v) is 6.13. The van der Waals surface area contributed by atoms with Crippen LogP contribution >= 0.6 is 0 Å².